The Hall–Kier alpha value is -2.04. The van der Waals surface area contributed by atoms with Crippen LogP contribution in [0.3, 0.4) is 0 Å². The minimum atomic E-state index is 0.552. The molecule has 0 aliphatic carbocycles. The van der Waals surface area contributed by atoms with Gasteiger partial charge in [0.2, 0.25) is 0 Å². The lowest BCUT2D eigenvalue weighted by atomic mass is 10.2. The van der Waals surface area contributed by atoms with Crippen LogP contribution in [0, 0.1) is 0 Å². The molecule has 0 spiro atoms. The van der Waals surface area contributed by atoms with Crippen LogP contribution < -0.4 is 5.32 Å². The number of nitrogens with one attached hydrogen (secondary N) is 1. The molecular weight excluding hydrogens is 355 g/mol. The van der Waals surface area contributed by atoms with Gasteiger partial charge < -0.3 is 9.88 Å². The SMILES string of the molecule is CCCn1cc(CC)nc1-c1cnc(Nc2ccc(Cl)cc2)c(Cl)c1. The summed E-state index contributed by atoms with van der Waals surface area (Å²) >= 11 is 12.4. The number of imidazole rings is 1. The lowest BCUT2D eigenvalue weighted by Gasteiger charge is -2.10. The minimum Gasteiger partial charge on any atom is -0.339 e. The highest BCUT2D eigenvalue weighted by molar-refractivity contribution is 6.33. The zero-order chi connectivity index (χ0) is 17.8. The van der Waals surface area contributed by atoms with E-state index in [-0.39, 0.29) is 0 Å². The smallest absolute Gasteiger partial charge is 0.149 e. The Morgan fingerprint density at radius 3 is 2.52 bits per heavy atom. The first kappa shape index (κ1) is 17.8. The zero-order valence-corrected chi connectivity index (χ0v) is 15.8. The number of hydrogen-bond donors (Lipinski definition) is 1. The normalized spacial score (nSPS) is 10.9. The van der Waals surface area contributed by atoms with Gasteiger partial charge in [-0.3, -0.25) is 0 Å². The number of halogens is 2. The lowest BCUT2D eigenvalue weighted by molar-refractivity contribution is 0.684. The molecule has 1 N–H and O–H groups in total. The van der Waals surface area contributed by atoms with E-state index in [1.807, 2.05) is 30.3 Å². The zero-order valence-electron chi connectivity index (χ0n) is 14.3. The highest BCUT2D eigenvalue weighted by Gasteiger charge is 2.12. The standard InChI is InChI=1S/C19H20Cl2N4/c1-3-9-25-12-15(4-2)24-19(25)13-10-17(21)18(22-11-13)23-16-7-5-14(20)6-8-16/h5-8,10-12H,3-4,9H2,1-2H3,(H,22,23). The summed E-state index contributed by atoms with van der Waals surface area (Å²) in [6.45, 7) is 5.18. The Morgan fingerprint density at radius 2 is 1.88 bits per heavy atom. The molecule has 0 aliphatic rings. The Balaban J connectivity index is 1.89. The third-order valence-electron chi connectivity index (χ3n) is 3.86. The summed E-state index contributed by atoms with van der Waals surface area (Å²) in [4.78, 5) is 9.19. The van der Waals surface area contributed by atoms with E-state index in [1.54, 1.807) is 6.20 Å². The molecular formula is C19H20Cl2N4. The van der Waals surface area contributed by atoms with E-state index in [1.165, 1.54) is 0 Å². The van der Waals surface area contributed by atoms with Gasteiger partial charge in [0.25, 0.3) is 0 Å². The molecule has 130 valence electrons. The number of pyridine rings is 1. The summed E-state index contributed by atoms with van der Waals surface area (Å²) in [7, 11) is 0. The fourth-order valence-electron chi connectivity index (χ4n) is 2.60. The highest BCUT2D eigenvalue weighted by atomic mass is 35.5. The van der Waals surface area contributed by atoms with Crippen LogP contribution in [-0.2, 0) is 13.0 Å². The van der Waals surface area contributed by atoms with Gasteiger partial charge >= 0.3 is 0 Å². The topological polar surface area (TPSA) is 42.7 Å². The van der Waals surface area contributed by atoms with Crippen LogP contribution in [0.15, 0.2) is 42.7 Å². The number of benzene rings is 1. The van der Waals surface area contributed by atoms with Gasteiger partial charge in [-0.15, -0.1) is 0 Å². The fourth-order valence-corrected chi connectivity index (χ4v) is 2.94. The van der Waals surface area contributed by atoms with Crippen LogP contribution >= 0.6 is 23.2 Å². The number of aryl methyl sites for hydroxylation is 2. The number of anilines is 2. The van der Waals surface area contributed by atoms with Crippen molar-refractivity contribution in [1.82, 2.24) is 14.5 Å². The van der Waals surface area contributed by atoms with Gasteiger partial charge in [0.05, 0.1) is 10.7 Å². The Kier molecular flexibility index (Phi) is 5.61. The van der Waals surface area contributed by atoms with Crippen molar-refractivity contribution in [3.63, 3.8) is 0 Å². The molecule has 3 rings (SSSR count). The van der Waals surface area contributed by atoms with E-state index in [0.29, 0.717) is 15.9 Å². The fraction of sp³-hybridized carbons (Fsp3) is 0.263. The summed E-state index contributed by atoms with van der Waals surface area (Å²) in [6.07, 6.45) is 5.86. The molecule has 0 radical (unpaired) electrons. The Bertz CT molecular complexity index is 856. The first-order chi connectivity index (χ1) is 12.1. The third kappa shape index (κ3) is 4.14. The average Bonchev–Trinajstić information content (AvgIpc) is 3.02. The van der Waals surface area contributed by atoms with Crippen LogP contribution in [0.25, 0.3) is 11.4 Å². The second-order valence-corrected chi connectivity index (χ2v) is 6.63. The second-order valence-electron chi connectivity index (χ2n) is 5.79. The molecule has 1 aromatic carbocycles. The van der Waals surface area contributed by atoms with Crippen molar-refractivity contribution in [1.29, 1.82) is 0 Å². The molecule has 6 heteroatoms. The molecule has 0 fully saturated rings. The largest absolute Gasteiger partial charge is 0.339 e. The highest BCUT2D eigenvalue weighted by Crippen LogP contribution is 2.29. The molecule has 2 heterocycles. The van der Waals surface area contributed by atoms with E-state index in [9.17, 15) is 0 Å². The first-order valence-electron chi connectivity index (χ1n) is 8.35. The van der Waals surface area contributed by atoms with Crippen LogP contribution in [-0.4, -0.2) is 14.5 Å². The van der Waals surface area contributed by atoms with Crippen molar-refractivity contribution in [3.8, 4) is 11.4 Å². The summed E-state index contributed by atoms with van der Waals surface area (Å²) in [5.41, 5.74) is 2.87. The lowest BCUT2D eigenvalue weighted by Crippen LogP contribution is -2.00. The molecule has 0 unspecified atom stereocenters. The molecule has 0 aliphatic heterocycles. The average molecular weight is 375 g/mol. The molecule has 3 aromatic rings. The van der Waals surface area contributed by atoms with Crippen molar-refractivity contribution >= 4 is 34.7 Å². The minimum absolute atomic E-state index is 0.552. The maximum atomic E-state index is 6.44. The molecule has 4 nitrogen and oxygen atoms in total. The van der Waals surface area contributed by atoms with E-state index >= 15 is 0 Å². The van der Waals surface area contributed by atoms with Gasteiger partial charge in [0.1, 0.15) is 11.6 Å². The number of aromatic nitrogens is 3. The monoisotopic (exact) mass is 374 g/mol. The second kappa shape index (κ2) is 7.89. The van der Waals surface area contributed by atoms with Crippen LogP contribution in [0.2, 0.25) is 10.0 Å². The Morgan fingerprint density at radius 1 is 1.12 bits per heavy atom. The number of nitrogens with zero attached hydrogens (tertiary/aromatic N) is 3. The molecule has 0 amide bonds. The molecule has 2 aromatic heterocycles. The van der Waals surface area contributed by atoms with Crippen LogP contribution in [0.1, 0.15) is 26.0 Å². The van der Waals surface area contributed by atoms with E-state index < -0.39 is 0 Å². The maximum absolute atomic E-state index is 6.44. The maximum Gasteiger partial charge on any atom is 0.149 e. The van der Waals surface area contributed by atoms with Crippen molar-refractivity contribution in [2.75, 3.05) is 5.32 Å². The van der Waals surface area contributed by atoms with Gasteiger partial charge in [-0.25, -0.2) is 9.97 Å². The third-order valence-corrected chi connectivity index (χ3v) is 4.40. The van der Waals surface area contributed by atoms with Crippen molar-refractivity contribution in [2.24, 2.45) is 0 Å². The van der Waals surface area contributed by atoms with Gasteiger partial charge in [-0.2, -0.15) is 0 Å². The van der Waals surface area contributed by atoms with Crippen molar-refractivity contribution < 1.29 is 0 Å². The molecule has 0 saturated heterocycles. The van der Waals surface area contributed by atoms with Crippen molar-refractivity contribution in [2.45, 2.75) is 33.2 Å². The quantitative estimate of drug-likeness (QED) is 0.577. The van der Waals surface area contributed by atoms with E-state index in [0.717, 1.165) is 42.2 Å². The summed E-state index contributed by atoms with van der Waals surface area (Å²) in [5.74, 6) is 1.52. The molecule has 25 heavy (non-hydrogen) atoms. The van der Waals surface area contributed by atoms with Gasteiger partial charge in [0.15, 0.2) is 0 Å². The van der Waals surface area contributed by atoms with Crippen LogP contribution in [0.5, 0.6) is 0 Å². The summed E-state index contributed by atoms with van der Waals surface area (Å²) in [5, 5.41) is 4.45. The summed E-state index contributed by atoms with van der Waals surface area (Å²) in [6, 6.07) is 9.31. The molecule has 0 bridgehead atoms. The predicted octanol–water partition coefficient (Wildman–Crippen LogP) is 5.97. The van der Waals surface area contributed by atoms with Gasteiger partial charge in [-0.05, 0) is 43.2 Å². The van der Waals surface area contributed by atoms with Gasteiger partial charge in [-0.1, -0.05) is 37.0 Å². The van der Waals surface area contributed by atoms with Crippen LogP contribution in [0.4, 0.5) is 11.5 Å². The van der Waals surface area contributed by atoms with Gasteiger partial charge in [0, 0.05) is 35.2 Å². The molecule has 0 saturated carbocycles. The number of hydrogen-bond acceptors (Lipinski definition) is 3. The Labute approximate surface area is 157 Å². The van der Waals surface area contributed by atoms with E-state index in [4.69, 9.17) is 28.2 Å². The van der Waals surface area contributed by atoms with Crippen molar-refractivity contribution in [3.05, 3.63) is 58.5 Å². The molecule has 0 atom stereocenters. The first-order valence-corrected chi connectivity index (χ1v) is 9.10. The van der Waals surface area contributed by atoms with E-state index in [2.05, 4.69) is 34.9 Å². The number of rotatable bonds is 6. The summed E-state index contributed by atoms with van der Waals surface area (Å²) < 4.78 is 2.17. The predicted molar refractivity (Wildman–Crippen MR) is 105 cm³/mol.